The lowest BCUT2D eigenvalue weighted by atomic mass is 9.69. The Morgan fingerprint density at radius 3 is 2.33 bits per heavy atom. The molecule has 15 heavy (non-hydrogen) atoms. The van der Waals surface area contributed by atoms with Crippen molar-refractivity contribution in [2.75, 3.05) is 6.54 Å². The van der Waals surface area contributed by atoms with Crippen LogP contribution in [-0.4, -0.2) is 12.1 Å². The first-order chi connectivity index (χ1) is 7.07. The van der Waals surface area contributed by atoms with Crippen LogP contribution in [0.5, 0.6) is 0 Å². The molecule has 0 aromatic heterocycles. The van der Waals surface area contributed by atoms with Crippen molar-refractivity contribution in [3.8, 4) is 0 Å². The molecule has 1 saturated carbocycles. The number of hydrogen-bond donors (Lipinski definition) is 1. The molecule has 1 aliphatic carbocycles. The standard InChI is InChI=1S/C14H27N/c1-5-13(4,14(6-2)10-15-14)8-7-12-9-11(12)3/h11-12,15H,5-10H2,1-4H3. The minimum atomic E-state index is 0.500. The highest BCUT2D eigenvalue weighted by molar-refractivity contribution is 5.13. The highest BCUT2D eigenvalue weighted by Gasteiger charge is 2.54. The monoisotopic (exact) mass is 209 g/mol. The average molecular weight is 209 g/mol. The van der Waals surface area contributed by atoms with E-state index in [4.69, 9.17) is 0 Å². The van der Waals surface area contributed by atoms with E-state index < -0.39 is 0 Å². The van der Waals surface area contributed by atoms with Gasteiger partial charge in [-0.05, 0) is 49.4 Å². The summed E-state index contributed by atoms with van der Waals surface area (Å²) in [7, 11) is 0. The van der Waals surface area contributed by atoms with Crippen molar-refractivity contribution in [1.29, 1.82) is 0 Å². The molecule has 1 aliphatic heterocycles. The van der Waals surface area contributed by atoms with Gasteiger partial charge in [-0.1, -0.05) is 27.7 Å². The van der Waals surface area contributed by atoms with Gasteiger partial charge in [-0.25, -0.2) is 0 Å². The molecule has 88 valence electrons. The highest BCUT2D eigenvalue weighted by Crippen LogP contribution is 2.50. The molecule has 2 fully saturated rings. The van der Waals surface area contributed by atoms with E-state index in [1.165, 1.54) is 38.6 Å². The Balaban J connectivity index is 1.90. The first-order valence-corrected chi connectivity index (χ1v) is 6.82. The highest BCUT2D eigenvalue weighted by atomic mass is 15.2. The zero-order chi connectivity index (χ0) is 11.1. The van der Waals surface area contributed by atoms with Crippen LogP contribution >= 0.6 is 0 Å². The molecular formula is C14H27N. The fraction of sp³-hybridized carbons (Fsp3) is 1.00. The van der Waals surface area contributed by atoms with Gasteiger partial charge in [-0.15, -0.1) is 0 Å². The van der Waals surface area contributed by atoms with Crippen LogP contribution in [0.15, 0.2) is 0 Å². The van der Waals surface area contributed by atoms with E-state index in [-0.39, 0.29) is 0 Å². The van der Waals surface area contributed by atoms with Gasteiger partial charge in [-0.2, -0.15) is 0 Å². The third-order valence-electron chi connectivity index (χ3n) is 5.49. The van der Waals surface area contributed by atoms with Crippen molar-refractivity contribution in [2.24, 2.45) is 17.3 Å². The lowest BCUT2D eigenvalue weighted by Crippen LogP contribution is -2.37. The first kappa shape index (κ1) is 11.4. The van der Waals surface area contributed by atoms with Crippen LogP contribution in [0.2, 0.25) is 0 Å². The van der Waals surface area contributed by atoms with E-state index in [0.717, 1.165) is 11.8 Å². The summed E-state index contributed by atoms with van der Waals surface area (Å²) in [4.78, 5) is 0. The van der Waals surface area contributed by atoms with Gasteiger partial charge in [0, 0.05) is 12.1 Å². The van der Waals surface area contributed by atoms with Crippen LogP contribution in [-0.2, 0) is 0 Å². The van der Waals surface area contributed by atoms with Crippen molar-refractivity contribution in [1.82, 2.24) is 5.32 Å². The topological polar surface area (TPSA) is 21.9 Å². The van der Waals surface area contributed by atoms with Gasteiger partial charge < -0.3 is 5.32 Å². The molecule has 0 amide bonds. The van der Waals surface area contributed by atoms with Crippen LogP contribution in [0.25, 0.3) is 0 Å². The molecule has 4 atom stereocenters. The first-order valence-electron chi connectivity index (χ1n) is 6.82. The second kappa shape index (κ2) is 3.76. The Morgan fingerprint density at radius 1 is 1.40 bits per heavy atom. The van der Waals surface area contributed by atoms with E-state index in [1.807, 2.05) is 0 Å². The fourth-order valence-electron chi connectivity index (χ4n) is 3.27. The summed E-state index contributed by atoms with van der Waals surface area (Å²) in [6, 6.07) is 0. The molecule has 2 aliphatic rings. The largest absolute Gasteiger partial charge is 0.308 e. The maximum absolute atomic E-state index is 3.64. The molecule has 1 nitrogen and oxygen atoms in total. The van der Waals surface area contributed by atoms with Crippen molar-refractivity contribution in [3.63, 3.8) is 0 Å². The third-order valence-corrected chi connectivity index (χ3v) is 5.49. The minimum Gasteiger partial charge on any atom is -0.308 e. The van der Waals surface area contributed by atoms with Gasteiger partial charge >= 0.3 is 0 Å². The molecule has 4 unspecified atom stereocenters. The van der Waals surface area contributed by atoms with E-state index in [9.17, 15) is 0 Å². The molecule has 0 aromatic carbocycles. The summed E-state index contributed by atoms with van der Waals surface area (Å²) in [5.74, 6) is 2.08. The summed E-state index contributed by atoms with van der Waals surface area (Å²) in [6.45, 7) is 10.9. The van der Waals surface area contributed by atoms with Crippen LogP contribution in [0.1, 0.15) is 59.8 Å². The Morgan fingerprint density at radius 2 is 2.00 bits per heavy atom. The van der Waals surface area contributed by atoms with Gasteiger partial charge in [0.1, 0.15) is 0 Å². The molecule has 1 heterocycles. The molecule has 1 heteroatoms. The lowest BCUT2D eigenvalue weighted by Gasteiger charge is -2.36. The van der Waals surface area contributed by atoms with Crippen molar-refractivity contribution in [3.05, 3.63) is 0 Å². The fourth-order valence-corrected chi connectivity index (χ4v) is 3.27. The number of hydrogen-bond acceptors (Lipinski definition) is 1. The second-order valence-electron chi connectivity index (χ2n) is 6.22. The lowest BCUT2D eigenvalue weighted by molar-refractivity contribution is 0.182. The van der Waals surface area contributed by atoms with E-state index in [1.54, 1.807) is 0 Å². The van der Waals surface area contributed by atoms with Gasteiger partial charge in [0.05, 0.1) is 0 Å². The van der Waals surface area contributed by atoms with E-state index >= 15 is 0 Å². The summed E-state index contributed by atoms with van der Waals surface area (Å²) < 4.78 is 0. The van der Waals surface area contributed by atoms with Gasteiger partial charge in [0.2, 0.25) is 0 Å². The summed E-state index contributed by atoms with van der Waals surface area (Å²) in [6.07, 6.45) is 7.02. The molecular weight excluding hydrogens is 182 g/mol. The van der Waals surface area contributed by atoms with Crippen LogP contribution in [0, 0.1) is 17.3 Å². The Bertz CT molecular complexity index is 231. The second-order valence-corrected chi connectivity index (χ2v) is 6.22. The molecule has 0 aromatic rings. The molecule has 1 N–H and O–H groups in total. The summed E-state index contributed by atoms with van der Waals surface area (Å²) in [5.41, 5.74) is 1.05. The maximum atomic E-state index is 3.64. The van der Waals surface area contributed by atoms with Gasteiger partial charge in [0.15, 0.2) is 0 Å². The third kappa shape index (κ3) is 1.95. The molecule has 0 bridgehead atoms. The SMILES string of the molecule is CCC(C)(CCC1CC1C)C1(CC)CN1. The van der Waals surface area contributed by atoms with Crippen LogP contribution < -0.4 is 5.32 Å². The smallest absolute Gasteiger partial charge is 0.0358 e. The average Bonchev–Trinajstić information content (AvgIpc) is 3.11. The zero-order valence-corrected chi connectivity index (χ0v) is 10.9. The van der Waals surface area contributed by atoms with Gasteiger partial charge in [0.25, 0.3) is 0 Å². The summed E-state index contributed by atoms with van der Waals surface area (Å²) >= 11 is 0. The quantitative estimate of drug-likeness (QED) is 0.663. The zero-order valence-electron chi connectivity index (χ0n) is 10.9. The predicted molar refractivity (Wildman–Crippen MR) is 65.9 cm³/mol. The van der Waals surface area contributed by atoms with Crippen molar-refractivity contribution >= 4 is 0 Å². The van der Waals surface area contributed by atoms with Crippen molar-refractivity contribution < 1.29 is 0 Å². The van der Waals surface area contributed by atoms with E-state index in [0.29, 0.717) is 11.0 Å². The van der Waals surface area contributed by atoms with Crippen LogP contribution in [0.4, 0.5) is 0 Å². The Kier molecular flexibility index (Phi) is 2.87. The number of nitrogens with one attached hydrogen (secondary N) is 1. The van der Waals surface area contributed by atoms with Crippen molar-refractivity contribution in [2.45, 2.75) is 65.3 Å². The van der Waals surface area contributed by atoms with E-state index in [2.05, 4.69) is 33.0 Å². The normalized spacial score (nSPS) is 42.4. The minimum absolute atomic E-state index is 0.500. The maximum Gasteiger partial charge on any atom is 0.0358 e. The summed E-state index contributed by atoms with van der Waals surface area (Å²) in [5, 5.41) is 3.64. The molecule has 0 radical (unpaired) electrons. The van der Waals surface area contributed by atoms with Gasteiger partial charge in [-0.3, -0.25) is 0 Å². The van der Waals surface area contributed by atoms with Crippen LogP contribution in [0.3, 0.4) is 0 Å². The predicted octanol–water partition coefficient (Wildman–Crippen LogP) is 3.59. The molecule has 1 saturated heterocycles. The molecule has 2 rings (SSSR count). The Hall–Kier alpha value is -0.0400. The molecule has 0 spiro atoms. The Labute approximate surface area is 95.0 Å². The number of rotatable bonds is 6.